The molecule has 0 bridgehead atoms. The molecule has 31 heavy (non-hydrogen) atoms. The van der Waals surface area contributed by atoms with E-state index in [-0.39, 0.29) is 17.2 Å². The number of nitrogens with one attached hydrogen (secondary N) is 1. The molecule has 0 atom stereocenters. The molecular formula is C23H30N6O2. The summed E-state index contributed by atoms with van der Waals surface area (Å²) < 4.78 is 2.66. The smallest absolute Gasteiger partial charge is 0.331 e. The van der Waals surface area contributed by atoms with Gasteiger partial charge in [0.1, 0.15) is 0 Å². The second-order valence-electron chi connectivity index (χ2n) is 8.44. The minimum Gasteiger partial charge on any atom is -0.384 e. The summed E-state index contributed by atoms with van der Waals surface area (Å²) in [6, 6.07) is 7.81. The Labute approximate surface area is 181 Å². The highest BCUT2D eigenvalue weighted by Gasteiger charge is 2.16. The minimum absolute atomic E-state index is 0.105. The summed E-state index contributed by atoms with van der Waals surface area (Å²) in [5, 5.41) is 3.47. The molecule has 1 aliphatic rings. The summed E-state index contributed by atoms with van der Waals surface area (Å²) in [4.78, 5) is 36.6. The number of hydrogen-bond acceptors (Lipinski definition) is 6. The van der Waals surface area contributed by atoms with Crippen LogP contribution in [0.4, 0.5) is 5.69 Å². The van der Waals surface area contributed by atoms with Crippen LogP contribution in [0, 0.1) is 0 Å². The minimum atomic E-state index is -0.406. The summed E-state index contributed by atoms with van der Waals surface area (Å²) in [6.07, 6.45) is 5.53. The number of likely N-dealkylation sites (tertiary alicyclic amines) is 1. The Morgan fingerprint density at radius 2 is 1.77 bits per heavy atom. The van der Waals surface area contributed by atoms with Crippen LogP contribution in [-0.4, -0.2) is 50.2 Å². The van der Waals surface area contributed by atoms with Crippen LogP contribution in [0.1, 0.15) is 39.2 Å². The molecule has 0 aliphatic carbocycles. The first-order valence-corrected chi connectivity index (χ1v) is 11.0. The van der Waals surface area contributed by atoms with Crippen molar-refractivity contribution in [3.63, 3.8) is 0 Å². The van der Waals surface area contributed by atoms with Crippen molar-refractivity contribution in [2.24, 2.45) is 7.05 Å². The number of aromatic nitrogens is 4. The second-order valence-corrected chi connectivity index (χ2v) is 8.44. The molecule has 1 fully saturated rings. The van der Waals surface area contributed by atoms with E-state index in [2.05, 4.69) is 20.2 Å². The molecule has 4 rings (SSSR count). The van der Waals surface area contributed by atoms with Crippen molar-refractivity contribution >= 4 is 16.7 Å². The molecule has 1 saturated heterocycles. The van der Waals surface area contributed by atoms with Crippen molar-refractivity contribution in [3.8, 4) is 11.4 Å². The highest BCUT2D eigenvalue weighted by molar-refractivity contribution is 5.75. The van der Waals surface area contributed by atoms with E-state index in [1.165, 1.54) is 39.4 Å². The number of piperidine rings is 1. The Morgan fingerprint density at radius 3 is 2.45 bits per heavy atom. The Balaban J connectivity index is 1.54. The topological polar surface area (TPSA) is 85.0 Å². The third-order valence-corrected chi connectivity index (χ3v) is 5.89. The van der Waals surface area contributed by atoms with Gasteiger partial charge in [-0.25, -0.2) is 14.8 Å². The van der Waals surface area contributed by atoms with E-state index in [4.69, 9.17) is 0 Å². The second kappa shape index (κ2) is 9.01. The molecule has 164 valence electrons. The maximum atomic E-state index is 12.7. The van der Waals surface area contributed by atoms with Crippen molar-refractivity contribution in [3.05, 3.63) is 51.3 Å². The fraction of sp³-hybridized carbons (Fsp3) is 0.478. The van der Waals surface area contributed by atoms with Crippen LogP contribution in [0.3, 0.4) is 0 Å². The molecule has 2 aromatic heterocycles. The van der Waals surface area contributed by atoms with Crippen LogP contribution >= 0.6 is 0 Å². The highest BCUT2D eigenvalue weighted by atomic mass is 16.2. The first-order chi connectivity index (χ1) is 15.0. The van der Waals surface area contributed by atoms with Crippen LogP contribution in [-0.2, 0) is 7.05 Å². The Hall–Kier alpha value is -3.00. The lowest BCUT2D eigenvalue weighted by atomic mass is 10.1. The average Bonchev–Trinajstić information content (AvgIpc) is 2.78. The normalized spacial score (nSPS) is 15.0. The van der Waals surface area contributed by atoms with Crippen molar-refractivity contribution in [1.82, 2.24) is 24.0 Å². The highest BCUT2D eigenvalue weighted by Crippen LogP contribution is 2.20. The lowest BCUT2D eigenvalue weighted by Crippen LogP contribution is -2.39. The monoisotopic (exact) mass is 422 g/mol. The van der Waals surface area contributed by atoms with Gasteiger partial charge in [-0.1, -0.05) is 6.42 Å². The molecule has 0 radical (unpaired) electrons. The average molecular weight is 423 g/mol. The van der Waals surface area contributed by atoms with E-state index in [1.807, 2.05) is 38.1 Å². The third kappa shape index (κ3) is 4.39. The Bertz CT molecular complexity index is 1170. The van der Waals surface area contributed by atoms with Gasteiger partial charge in [-0.2, -0.15) is 0 Å². The van der Waals surface area contributed by atoms with E-state index < -0.39 is 5.56 Å². The van der Waals surface area contributed by atoms with Gasteiger partial charge in [0.05, 0.1) is 11.7 Å². The first-order valence-electron chi connectivity index (χ1n) is 11.0. The Morgan fingerprint density at radius 1 is 1.06 bits per heavy atom. The molecule has 0 unspecified atom stereocenters. The molecule has 3 aromatic rings. The molecule has 8 heteroatoms. The number of benzene rings is 1. The lowest BCUT2D eigenvalue weighted by molar-refractivity contribution is 0.237. The molecule has 3 heterocycles. The van der Waals surface area contributed by atoms with Crippen molar-refractivity contribution in [2.45, 2.75) is 39.2 Å². The van der Waals surface area contributed by atoms with Gasteiger partial charge in [0.2, 0.25) is 0 Å². The summed E-state index contributed by atoms with van der Waals surface area (Å²) >= 11 is 0. The summed E-state index contributed by atoms with van der Waals surface area (Å²) in [7, 11) is 1.48. The fourth-order valence-electron chi connectivity index (χ4n) is 4.14. The zero-order valence-corrected chi connectivity index (χ0v) is 18.5. The molecule has 0 spiro atoms. The van der Waals surface area contributed by atoms with Crippen LogP contribution in [0.15, 0.2) is 40.1 Å². The lowest BCUT2D eigenvalue weighted by Gasteiger charge is -2.26. The zero-order chi connectivity index (χ0) is 22.0. The quantitative estimate of drug-likeness (QED) is 0.657. The predicted molar refractivity (Wildman–Crippen MR) is 124 cm³/mol. The van der Waals surface area contributed by atoms with Crippen LogP contribution in [0.5, 0.6) is 0 Å². The summed E-state index contributed by atoms with van der Waals surface area (Å²) in [5.74, 6) is 0.471. The molecule has 0 amide bonds. The van der Waals surface area contributed by atoms with E-state index in [0.29, 0.717) is 11.3 Å². The van der Waals surface area contributed by atoms with E-state index in [9.17, 15) is 9.59 Å². The number of fused-ring (bicyclic) bond motifs is 1. The first kappa shape index (κ1) is 21.2. The van der Waals surface area contributed by atoms with Gasteiger partial charge in [0.15, 0.2) is 11.3 Å². The van der Waals surface area contributed by atoms with Gasteiger partial charge in [-0.15, -0.1) is 0 Å². The molecule has 1 aromatic carbocycles. The maximum absolute atomic E-state index is 12.7. The van der Waals surface area contributed by atoms with Crippen LogP contribution < -0.4 is 16.6 Å². The number of rotatable bonds is 6. The van der Waals surface area contributed by atoms with Gasteiger partial charge in [0.25, 0.3) is 5.56 Å². The molecule has 8 nitrogen and oxygen atoms in total. The van der Waals surface area contributed by atoms with Crippen LogP contribution in [0.25, 0.3) is 22.4 Å². The molecule has 1 N–H and O–H groups in total. The van der Waals surface area contributed by atoms with Gasteiger partial charge in [-0.3, -0.25) is 13.9 Å². The van der Waals surface area contributed by atoms with Gasteiger partial charge >= 0.3 is 5.69 Å². The van der Waals surface area contributed by atoms with E-state index in [1.54, 1.807) is 10.8 Å². The Kier molecular flexibility index (Phi) is 6.18. The predicted octanol–water partition coefficient (Wildman–Crippen LogP) is 2.64. The van der Waals surface area contributed by atoms with Gasteiger partial charge in [-0.05, 0) is 64.0 Å². The summed E-state index contributed by atoms with van der Waals surface area (Å²) in [5.41, 5.74) is 1.83. The zero-order valence-electron chi connectivity index (χ0n) is 18.5. The van der Waals surface area contributed by atoms with E-state index >= 15 is 0 Å². The maximum Gasteiger partial charge on any atom is 0.331 e. The van der Waals surface area contributed by atoms with Crippen molar-refractivity contribution in [2.75, 3.05) is 31.5 Å². The van der Waals surface area contributed by atoms with Gasteiger partial charge in [0, 0.05) is 37.4 Å². The number of anilines is 1. The largest absolute Gasteiger partial charge is 0.384 e. The SMILES string of the molecule is CC(C)n1c(=O)n(C)c(=O)c2nc(-c3ccc(NCCN4CCCCC4)cc3)ncc21. The van der Waals surface area contributed by atoms with E-state index in [0.717, 1.165) is 28.9 Å². The number of hydrogen-bond donors (Lipinski definition) is 1. The molecule has 1 aliphatic heterocycles. The molecule has 0 saturated carbocycles. The van der Waals surface area contributed by atoms with Crippen LogP contribution in [0.2, 0.25) is 0 Å². The standard InChI is InChI=1S/C23H30N6O2/c1-16(2)29-19-15-25-21(26-20(19)22(30)27(3)23(29)31)17-7-9-18(10-8-17)24-11-14-28-12-5-4-6-13-28/h7-10,15-16,24H,4-6,11-14H2,1-3H3. The summed E-state index contributed by atoms with van der Waals surface area (Å²) in [6.45, 7) is 8.16. The van der Waals surface area contributed by atoms with Crippen molar-refractivity contribution < 1.29 is 0 Å². The third-order valence-electron chi connectivity index (χ3n) is 5.89. The van der Waals surface area contributed by atoms with Gasteiger partial charge < -0.3 is 10.2 Å². The molecular weight excluding hydrogens is 392 g/mol. The van der Waals surface area contributed by atoms with Crippen molar-refractivity contribution in [1.29, 1.82) is 0 Å². The fourth-order valence-corrected chi connectivity index (χ4v) is 4.14. The number of nitrogens with zero attached hydrogens (tertiary/aromatic N) is 5.